The Kier molecular flexibility index (Phi) is 6.64. The second-order valence-corrected chi connectivity index (χ2v) is 6.75. The number of ether oxygens (including phenoxy) is 2. The molecule has 1 rings (SSSR count). The predicted octanol–water partition coefficient (Wildman–Crippen LogP) is -0.832. The van der Waals surface area contributed by atoms with E-state index in [0.29, 0.717) is 26.3 Å². The van der Waals surface area contributed by atoms with Crippen LogP contribution in [0.5, 0.6) is 0 Å². The van der Waals surface area contributed by atoms with Crippen molar-refractivity contribution in [1.29, 1.82) is 0 Å². The Hall–Kier alpha value is -0.250. The van der Waals surface area contributed by atoms with Crippen molar-refractivity contribution in [2.24, 2.45) is 0 Å². The summed E-state index contributed by atoms with van der Waals surface area (Å²) in [5.74, 6) is 0. The lowest BCUT2D eigenvalue weighted by molar-refractivity contribution is 0.122. The summed E-state index contributed by atoms with van der Waals surface area (Å²) in [4.78, 5) is 0. The van der Waals surface area contributed by atoms with Gasteiger partial charge in [-0.1, -0.05) is 0 Å². The van der Waals surface area contributed by atoms with Gasteiger partial charge in [-0.25, -0.2) is 4.72 Å². The zero-order chi connectivity index (χ0) is 14.4. The fourth-order valence-corrected chi connectivity index (χ4v) is 3.14. The molecule has 114 valence electrons. The molecule has 0 spiro atoms. The van der Waals surface area contributed by atoms with Crippen LogP contribution in [0, 0.1) is 0 Å². The smallest absolute Gasteiger partial charge is 0.279 e. The van der Waals surface area contributed by atoms with Crippen LogP contribution in [0.1, 0.15) is 12.8 Å². The minimum Gasteiger partial charge on any atom is -0.383 e. The molecular weight excluding hydrogens is 270 g/mol. The largest absolute Gasteiger partial charge is 0.383 e. The van der Waals surface area contributed by atoms with E-state index in [1.807, 2.05) is 0 Å². The summed E-state index contributed by atoms with van der Waals surface area (Å²) in [6.07, 6.45) is 1.94. The van der Waals surface area contributed by atoms with Crippen LogP contribution in [0.2, 0.25) is 0 Å². The van der Waals surface area contributed by atoms with Gasteiger partial charge in [-0.05, 0) is 19.4 Å². The van der Waals surface area contributed by atoms with Crippen molar-refractivity contribution in [3.05, 3.63) is 0 Å². The summed E-state index contributed by atoms with van der Waals surface area (Å²) in [6, 6.07) is 0. The highest BCUT2D eigenvalue weighted by atomic mass is 32.2. The van der Waals surface area contributed by atoms with Crippen LogP contribution in [0.25, 0.3) is 0 Å². The summed E-state index contributed by atoms with van der Waals surface area (Å²) in [7, 11) is 1.24. The first-order valence-corrected chi connectivity index (χ1v) is 7.84. The lowest BCUT2D eigenvalue weighted by atomic mass is 9.99. The lowest BCUT2D eigenvalue weighted by Gasteiger charge is -2.29. The third-order valence-electron chi connectivity index (χ3n) is 3.37. The van der Waals surface area contributed by atoms with Crippen LogP contribution >= 0.6 is 0 Å². The standard InChI is InChI=1S/C11H25N3O4S/c1-14(7-8-17-2)19(15,16)13-9-11(10-18-3)5-4-6-12-11/h12-13H,4-10H2,1-3H3. The third kappa shape index (κ3) is 4.97. The number of methoxy groups -OCH3 is 2. The maximum atomic E-state index is 12.0. The van der Waals surface area contributed by atoms with Gasteiger partial charge in [0.1, 0.15) is 0 Å². The Morgan fingerprint density at radius 3 is 2.63 bits per heavy atom. The van der Waals surface area contributed by atoms with Gasteiger partial charge in [0.15, 0.2) is 0 Å². The molecule has 8 heteroatoms. The van der Waals surface area contributed by atoms with Crippen molar-refractivity contribution < 1.29 is 17.9 Å². The van der Waals surface area contributed by atoms with E-state index in [0.717, 1.165) is 19.4 Å². The lowest BCUT2D eigenvalue weighted by Crippen LogP contribution is -2.54. The van der Waals surface area contributed by atoms with Gasteiger partial charge in [0.25, 0.3) is 10.2 Å². The normalized spacial score (nSPS) is 24.2. The highest BCUT2D eigenvalue weighted by Crippen LogP contribution is 2.19. The van der Waals surface area contributed by atoms with Gasteiger partial charge in [0, 0.05) is 34.4 Å². The van der Waals surface area contributed by atoms with E-state index in [4.69, 9.17) is 9.47 Å². The molecule has 1 fully saturated rings. The molecular formula is C11H25N3O4S. The number of likely N-dealkylation sites (N-methyl/N-ethyl adjacent to an activating group) is 1. The van der Waals surface area contributed by atoms with E-state index in [9.17, 15) is 8.42 Å². The van der Waals surface area contributed by atoms with E-state index >= 15 is 0 Å². The van der Waals surface area contributed by atoms with E-state index in [-0.39, 0.29) is 5.54 Å². The van der Waals surface area contributed by atoms with Crippen LogP contribution in [0.15, 0.2) is 0 Å². The topological polar surface area (TPSA) is 79.9 Å². The Morgan fingerprint density at radius 1 is 1.37 bits per heavy atom. The van der Waals surface area contributed by atoms with Gasteiger partial charge in [0.05, 0.1) is 18.8 Å². The minimum atomic E-state index is -3.47. The maximum absolute atomic E-state index is 12.0. The predicted molar refractivity (Wildman–Crippen MR) is 73.3 cm³/mol. The summed E-state index contributed by atoms with van der Waals surface area (Å²) in [5.41, 5.74) is -0.288. The molecule has 7 nitrogen and oxygen atoms in total. The molecule has 1 aliphatic rings. The fraction of sp³-hybridized carbons (Fsp3) is 1.00. The first-order valence-electron chi connectivity index (χ1n) is 6.40. The molecule has 0 aliphatic carbocycles. The number of rotatable bonds is 9. The van der Waals surface area contributed by atoms with Crippen molar-refractivity contribution in [2.45, 2.75) is 18.4 Å². The van der Waals surface area contributed by atoms with Crippen molar-refractivity contribution in [3.8, 4) is 0 Å². The highest BCUT2D eigenvalue weighted by Gasteiger charge is 2.35. The molecule has 1 atom stereocenters. The van der Waals surface area contributed by atoms with E-state index < -0.39 is 10.2 Å². The quantitative estimate of drug-likeness (QED) is 0.580. The zero-order valence-electron chi connectivity index (χ0n) is 11.9. The first kappa shape index (κ1) is 16.8. The molecule has 1 saturated heterocycles. The molecule has 1 aliphatic heterocycles. The van der Waals surface area contributed by atoms with Crippen molar-refractivity contribution in [2.75, 3.05) is 54.1 Å². The SMILES string of the molecule is COCCN(C)S(=O)(=O)NCC1(COC)CCCN1. The van der Waals surface area contributed by atoms with Crippen LogP contribution in [-0.4, -0.2) is 72.4 Å². The molecule has 19 heavy (non-hydrogen) atoms. The van der Waals surface area contributed by atoms with Crippen LogP contribution in [0.4, 0.5) is 0 Å². The van der Waals surface area contributed by atoms with Gasteiger partial charge in [-0.3, -0.25) is 0 Å². The van der Waals surface area contributed by atoms with Gasteiger partial charge in [-0.15, -0.1) is 0 Å². The number of nitrogens with zero attached hydrogens (tertiary/aromatic N) is 1. The Balaban J connectivity index is 2.53. The second-order valence-electron chi connectivity index (χ2n) is 4.88. The Labute approximate surface area is 115 Å². The highest BCUT2D eigenvalue weighted by molar-refractivity contribution is 7.87. The molecule has 0 aromatic rings. The van der Waals surface area contributed by atoms with E-state index in [1.54, 1.807) is 14.2 Å². The molecule has 0 aromatic heterocycles. The van der Waals surface area contributed by atoms with Crippen molar-refractivity contribution in [3.63, 3.8) is 0 Å². The minimum absolute atomic E-state index is 0.288. The molecule has 0 bridgehead atoms. The van der Waals surface area contributed by atoms with Crippen LogP contribution in [0.3, 0.4) is 0 Å². The molecule has 0 saturated carbocycles. The fourth-order valence-electron chi connectivity index (χ4n) is 2.15. The van der Waals surface area contributed by atoms with Gasteiger partial charge >= 0.3 is 0 Å². The Bertz CT molecular complexity index is 355. The van der Waals surface area contributed by atoms with E-state index in [1.165, 1.54) is 11.4 Å². The van der Waals surface area contributed by atoms with Gasteiger partial charge < -0.3 is 14.8 Å². The molecule has 0 radical (unpaired) electrons. The summed E-state index contributed by atoms with van der Waals surface area (Å²) >= 11 is 0. The van der Waals surface area contributed by atoms with Crippen molar-refractivity contribution in [1.82, 2.24) is 14.3 Å². The average molecular weight is 295 g/mol. The van der Waals surface area contributed by atoms with E-state index in [2.05, 4.69) is 10.0 Å². The van der Waals surface area contributed by atoms with Crippen molar-refractivity contribution >= 4 is 10.2 Å². The summed E-state index contributed by atoms with van der Waals surface area (Å²) < 4.78 is 38.0. The van der Waals surface area contributed by atoms with Gasteiger partial charge in [0.2, 0.25) is 0 Å². The Morgan fingerprint density at radius 2 is 2.11 bits per heavy atom. The zero-order valence-corrected chi connectivity index (χ0v) is 12.8. The molecule has 0 aromatic carbocycles. The molecule has 0 amide bonds. The summed E-state index contributed by atoms with van der Waals surface area (Å²) in [6.45, 7) is 2.43. The summed E-state index contributed by atoms with van der Waals surface area (Å²) in [5, 5.41) is 3.33. The number of nitrogens with one attached hydrogen (secondary N) is 2. The number of hydrogen-bond acceptors (Lipinski definition) is 5. The van der Waals surface area contributed by atoms with Crippen LogP contribution in [-0.2, 0) is 19.7 Å². The molecule has 1 heterocycles. The monoisotopic (exact) mass is 295 g/mol. The van der Waals surface area contributed by atoms with Gasteiger partial charge in [-0.2, -0.15) is 12.7 Å². The van der Waals surface area contributed by atoms with Crippen LogP contribution < -0.4 is 10.0 Å². The maximum Gasteiger partial charge on any atom is 0.279 e. The molecule has 1 unspecified atom stereocenters. The molecule has 2 N–H and O–H groups in total. The third-order valence-corrected chi connectivity index (χ3v) is 4.88. The second kappa shape index (κ2) is 7.51. The number of hydrogen-bond donors (Lipinski definition) is 2. The first-order chi connectivity index (χ1) is 8.96. The average Bonchev–Trinajstić information content (AvgIpc) is 2.83.